The fraction of sp³-hybridized carbons (Fsp3) is 0.900. The number of hydrogen-bond acceptors (Lipinski definition) is 2. The number of esters is 1. The van der Waals surface area contributed by atoms with E-state index >= 15 is 0 Å². The molecular formula is C10H14O2. The first-order chi connectivity index (χ1) is 5.81. The highest BCUT2D eigenvalue weighted by Gasteiger charge is 2.58. The minimum absolute atomic E-state index is 0.00289. The Morgan fingerprint density at radius 1 is 1.42 bits per heavy atom. The van der Waals surface area contributed by atoms with Gasteiger partial charge in [0, 0.05) is 0 Å². The van der Waals surface area contributed by atoms with E-state index in [1.165, 1.54) is 19.3 Å². The summed E-state index contributed by atoms with van der Waals surface area (Å²) in [6.07, 6.45) is 6.08. The van der Waals surface area contributed by atoms with Gasteiger partial charge in [0.25, 0.3) is 0 Å². The van der Waals surface area contributed by atoms with Crippen LogP contribution >= 0.6 is 0 Å². The van der Waals surface area contributed by atoms with Crippen LogP contribution in [-0.4, -0.2) is 12.6 Å². The lowest BCUT2D eigenvalue weighted by molar-refractivity contribution is -0.148. The number of ether oxygens (including phenoxy) is 1. The lowest BCUT2D eigenvalue weighted by atomic mass is 9.72. The number of carbonyl (C=O) groups is 1. The molecule has 0 radical (unpaired) electrons. The highest BCUT2D eigenvalue weighted by molar-refractivity contribution is 5.79. The first kappa shape index (κ1) is 6.93. The van der Waals surface area contributed by atoms with E-state index < -0.39 is 0 Å². The standard InChI is InChI=1S/C10H14O2/c11-9-10(3-4-12-9)6-7-1-2-8(10)5-7/h7-8H,1-6H2/t7-,8?,10?/m0/s1. The van der Waals surface area contributed by atoms with Crippen LogP contribution in [0.4, 0.5) is 0 Å². The smallest absolute Gasteiger partial charge is 0.312 e. The Bertz CT molecular complexity index is 236. The van der Waals surface area contributed by atoms with Crippen molar-refractivity contribution in [1.82, 2.24) is 0 Å². The average molecular weight is 166 g/mol. The van der Waals surface area contributed by atoms with Crippen molar-refractivity contribution in [2.45, 2.75) is 32.1 Å². The van der Waals surface area contributed by atoms with Crippen molar-refractivity contribution in [1.29, 1.82) is 0 Å². The van der Waals surface area contributed by atoms with E-state index in [0.717, 1.165) is 18.8 Å². The quantitative estimate of drug-likeness (QED) is 0.512. The Balaban J connectivity index is 1.96. The Hall–Kier alpha value is -0.530. The fourth-order valence-corrected chi connectivity index (χ4v) is 3.57. The van der Waals surface area contributed by atoms with Crippen molar-refractivity contribution in [2.75, 3.05) is 6.61 Å². The van der Waals surface area contributed by atoms with Gasteiger partial charge in [-0.2, -0.15) is 0 Å². The third-order valence-electron chi connectivity index (χ3n) is 4.16. The molecule has 2 saturated carbocycles. The summed E-state index contributed by atoms with van der Waals surface area (Å²) in [5, 5.41) is 0. The van der Waals surface area contributed by atoms with E-state index in [9.17, 15) is 4.79 Å². The largest absolute Gasteiger partial charge is 0.465 e. The van der Waals surface area contributed by atoms with Crippen molar-refractivity contribution in [2.24, 2.45) is 17.3 Å². The Morgan fingerprint density at radius 2 is 2.33 bits per heavy atom. The number of cyclic esters (lactones) is 1. The Labute approximate surface area is 72.3 Å². The number of carbonyl (C=O) groups excluding carboxylic acids is 1. The molecule has 2 heteroatoms. The molecule has 66 valence electrons. The minimum Gasteiger partial charge on any atom is -0.465 e. The monoisotopic (exact) mass is 166 g/mol. The van der Waals surface area contributed by atoms with Crippen LogP contribution in [-0.2, 0) is 9.53 Å². The fourth-order valence-electron chi connectivity index (χ4n) is 3.57. The van der Waals surface area contributed by atoms with Crippen LogP contribution < -0.4 is 0 Å². The maximum Gasteiger partial charge on any atom is 0.312 e. The molecule has 0 aromatic heterocycles. The van der Waals surface area contributed by atoms with Gasteiger partial charge in [-0.05, 0) is 37.5 Å². The van der Waals surface area contributed by atoms with Crippen molar-refractivity contribution in [3.05, 3.63) is 0 Å². The molecule has 2 bridgehead atoms. The molecule has 0 amide bonds. The normalized spacial score (nSPS) is 50.5. The van der Waals surface area contributed by atoms with E-state index in [0.29, 0.717) is 12.5 Å². The van der Waals surface area contributed by atoms with Gasteiger partial charge in [0.15, 0.2) is 0 Å². The zero-order chi connectivity index (χ0) is 8.18. The SMILES string of the molecule is O=C1OCCC12C[C@H]1CCC2C1. The van der Waals surface area contributed by atoms with Crippen molar-refractivity contribution >= 4 is 5.97 Å². The Morgan fingerprint density at radius 3 is 2.83 bits per heavy atom. The molecule has 1 aliphatic heterocycles. The van der Waals surface area contributed by atoms with Gasteiger partial charge in [-0.25, -0.2) is 0 Å². The highest BCUT2D eigenvalue weighted by atomic mass is 16.5. The summed E-state index contributed by atoms with van der Waals surface area (Å²) in [6, 6.07) is 0. The predicted octanol–water partition coefficient (Wildman–Crippen LogP) is 1.74. The summed E-state index contributed by atoms with van der Waals surface area (Å²) in [5.74, 6) is 1.65. The molecule has 3 aliphatic rings. The van der Waals surface area contributed by atoms with Gasteiger partial charge in [-0.1, -0.05) is 6.42 Å². The van der Waals surface area contributed by atoms with Crippen molar-refractivity contribution in [3.63, 3.8) is 0 Å². The number of hydrogen-bond donors (Lipinski definition) is 0. The molecule has 1 heterocycles. The summed E-state index contributed by atoms with van der Waals surface area (Å²) >= 11 is 0. The van der Waals surface area contributed by atoms with Crippen LogP contribution in [0, 0.1) is 17.3 Å². The van der Waals surface area contributed by atoms with Crippen LogP contribution in [0.5, 0.6) is 0 Å². The summed E-state index contributed by atoms with van der Waals surface area (Å²) in [7, 11) is 0. The van der Waals surface area contributed by atoms with Gasteiger partial charge in [0.1, 0.15) is 0 Å². The van der Waals surface area contributed by atoms with Crippen molar-refractivity contribution in [3.8, 4) is 0 Å². The molecule has 12 heavy (non-hydrogen) atoms. The highest BCUT2D eigenvalue weighted by Crippen LogP contribution is 2.59. The molecule has 0 aromatic rings. The summed E-state index contributed by atoms with van der Waals surface area (Å²) in [5.41, 5.74) is 0.00289. The maximum atomic E-state index is 11.6. The van der Waals surface area contributed by atoms with E-state index in [1.807, 2.05) is 0 Å². The van der Waals surface area contributed by atoms with Crippen LogP contribution in [0.15, 0.2) is 0 Å². The first-order valence-corrected chi connectivity index (χ1v) is 4.98. The second kappa shape index (κ2) is 2.04. The van der Waals surface area contributed by atoms with E-state index in [1.54, 1.807) is 0 Å². The predicted molar refractivity (Wildman–Crippen MR) is 43.5 cm³/mol. The Kier molecular flexibility index (Phi) is 1.18. The molecule has 0 aromatic carbocycles. The van der Waals surface area contributed by atoms with Crippen LogP contribution in [0.3, 0.4) is 0 Å². The van der Waals surface area contributed by atoms with E-state index in [-0.39, 0.29) is 11.4 Å². The lowest BCUT2D eigenvalue weighted by Gasteiger charge is -2.28. The molecule has 0 N–H and O–H groups in total. The van der Waals surface area contributed by atoms with Crippen LogP contribution in [0.25, 0.3) is 0 Å². The zero-order valence-corrected chi connectivity index (χ0v) is 7.21. The topological polar surface area (TPSA) is 26.3 Å². The van der Waals surface area contributed by atoms with Gasteiger partial charge in [0.05, 0.1) is 12.0 Å². The van der Waals surface area contributed by atoms with Gasteiger partial charge in [-0.3, -0.25) is 4.79 Å². The molecule has 3 fully saturated rings. The average Bonchev–Trinajstić information content (AvgIpc) is 2.69. The van der Waals surface area contributed by atoms with E-state index in [4.69, 9.17) is 4.74 Å². The molecular weight excluding hydrogens is 152 g/mol. The zero-order valence-electron chi connectivity index (χ0n) is 7.21. The molecule has 2 unspecified atom stereocenters. The summed E-state index contributed by atoms with van der Waals surface area (Å²) < 4.78 is 5.10. The molecule has 1 spiro atoms. The van der Waals surface area contributed by atoms with Gasteiger partial charge in [0.2, 0.25) is 0 Å². The molecule has 1 saturated heterocycles. The maximum absolute atomic E-state index is 11.6. The minimum atomic E-state index is 0.00289. The molecule has 2 nitrogen and oxygen atoms in total. The number of fused-ring (bicyclic) bond motifs is 3. The van der Waals surface area contributed by atoms with Gasteiger partial charge in [-0.15, -0.1) is 0 Å². The van der Waals surface area contributed by atoms with Gasteiger partial charge < -0.3 is 4.74 Å². The summed E-state index contributed by atoms with van der Waals surface area (Å²) in [4.78, 5) is 11.6. The van der Waals surface area contributed by atoms with E-state index in [2.05, 4.69) is 0 Å². The van der Waals surface area contributed by atoms with Gasteiger partial charge >= 0.3 is 5.97 Å². The third-order valence-corrected chi connectivity index (χ3v) is 4.16. The second-order valence-electron chi connectivity index (χ2n) is 4.62. The second-order valence-corrected chi connectivity index (χ2v) is 4.62. The third kappa shape index (κ3) is 0.644. The summed E-state index contributed by atoms with van der Waals surface area (Å²) in [6.45, 7) is 0.683. The van der Waals surface area contributed by atoms with Crippen LogP contribution in [0.2, 0.25) is 0 Å². The van der Waals surface area contributed by atoms with Crippen molar-refractivity contribution < 1.29 is 9.53 Å². The number of rotatable bonds is 0. The first-order valence-electron chi connectivity index (χ1n) is 4.98. The van der Waals surface area contributed by atoms with Crippen LogP contribution in [0.1, 0.15) is 32.1 Å². The molecule has 3 rings (SSSR count). The molecule has 3 atom stereocenters. The molecule has 2 aliphatic carbocycles. The lowest BCUT2D eigenvalue weighted by Crippen LogP contribution is -2.32.